The summed E-state index contributed by atoms with van der Waals surface area (Å²) in [6.07, 6.45) is 6.22. The fraction of sp³-hybridized carbons (Fsp3) is 0.393. The molecule has 3 aromatic rings. The molecule has 36 heavy (non-hydrogen) atoms. The van der Waals surface area contributed by atoms with Crippen LogP contribution in [0.5, 0.6) is 5.88 Å². The zero-order valence-corrected chi connectivity index (χ0v) is 21.5. The van der Waals surface area contributed by atoms with E-state index in [-0.39, 0.29) is 11.7 Å². The molecule has 188 valence electrons. The number of aryl methyl sites for hydroxylation is 2. The van der Waals surface area contributed by atoms with Gasteiger partial charge in [-0.05, 0) is 79.8 Å². The van der Waals surface area contributed by atoms with E-state index < -0.39 is 5.97 Å². The first-order valence-electron chi connectivity index (χ1n) is 12.5. The van der Waals surface area contributed by atoms with Crippen LogP contribution in [0.4, 0.5) is 5.95 Å². The Labute approximate surface area is 216 Å². The van der Waals surface area contributed by atoms with Gasteiger partial charge in [-0.15, -0.1) is 0 Å². The smallest absolute Gasteiger partial charge is 0.335 e. The highest BCUT2D eigenvalue weighted by molar-refractivity contribution is 8.00. The molecule has 1 spiro atoms. The van der Waals surface area contributed by atoms with Crippen LogP contribution in [0.3, 0.4) is 0 Å². The number of piperidine rings is 1. The van der Waals surface area contributed by atoms with E-state index in [0.717, 1.165) is 46.8 Å². The van der Waals surface area contributed by atoms with Gasteiger partial charge in [0.25, 0.3) is 0 Å². The highest BCUT2D eigenvalue weighted by Crippen LogP contribution is 2.43. The first kappa shape index (κ1) is 24.6. The topological polar surface area (TPSA) is 96.4 Å². The third-order valence-corrected chi connectivity index (χ3v) is 8.04. The number of benzene rings is 2. The minimum Gasteiger partial charge on any atom is -0.478 e. The summed E-state index contributed by atoms with van der Waals surface area (Å²) in [6.45, 7) is 6.05. The molecule has 3 N–H and O–H groups in total. The maximum absolute atomic E-state index is 11.3. The predicted octanol–water partition coefficient (Wildman–Crippen LogP) is 5.88. The van der Waals surface area contributed by atoms with Crippen LogP contribution >= 0.6 is 11.9 Å². The van der Waals surface area contributed by atoms with Crippen molar-refractivity contribution >= 4 is 23.9 Å². The number of rotatable bonds is 7. The summed E-state index contributed by atoms with van der Waals surface area (Å²) in [4.78, 5) is 21.6. The Morgan fingerprint density at radius 1 is 1.11 bits per heavy atom. The molecule has 0 bridgehead atoms. The lowest BCUT2D eigenvalue weighted by Crippen LogP contribution is -2.47. The Kier molecular flexibility index (Phi) is 7.16. The molecule has 1 atom stereocenters. The third kappa shape index (κ3) is 5.50. The van der Waals surface area contributed by atoms with Gasteiger partial charge in [0.15, 0.2) is 0 Å². The molecule has 2 aliphatic rings. The van der Waals surface area contributed by atoms with Gasteiger partial charge < -0.3 is 15.2 Å². The fourth-order valence-electron chi connectivity index (χ4n) is 5.56. The summed E-state index contributed by atoms with van der Waals surface area (Å²) in [7, 11) is 0. The van der Waals surface area contributed by atoms with Gasteiger partial charge in [-0.3, -0.25) is 4.72 Å². The molecule has 2 aromatic carbocycles. The van der Waals surface area contributed by atoms with E-state index in [1.54, 1.807) is 18.2 Å². The van der Waals surface area contributed by atoms with E-state index in [1.165, 1.54) is 37.6 Å². The van der Waals surface area contributed by atoms with E-state index >= 15 is 0 Å². The third-order valence-electron chi connectivity index (χ3n) is 7.27. The molecule has 1 unspecified atom stereocenters. The molecule has 2 heterocycles. The highest BCUT2D eigenvalue weighted by atomic mass is 32.2. The van der Waals surface area contributed by atoms with Crippen LogP contribution in [0, 0.1) is 19.3 Å². The number of carboxylic acid groups (broad SMARTS) is 1. The van der Waals surface area contributed by atoms with Crippen LogP contribution in [0.15, 0.2) is 53.4 Å². The van der Waals surface area contributed by atoms with Crippen LogP contribution in [0.25, 0.3) is 11.3 Å². The lowest BCUT2D eigenvalue weighted by atomic mass is 9.78. The molecular weight excluding hydrogens is 472 g/mol. The van der Waals surface area contributed by atoms with Crippen LogP contribution in [0.2, 0.25) is 0 Å². The molecule has 1 aliphatic carbocycles. The van der Waals surface area contributed by atoms with E-state index in [4.69, 9.17) is 14.7 Å². The number of nitrogens with one attached hydrogen (secondary N) is 2. The number of aromatic nitrogens is 2. The molecule has 1 saturated carbocycles. The second kappa shape index (κ2) is 10.5. The van der Waals surface area contributed by atoms with Crippen molar-refractivity contribution < 1.29 is 14.6 Å². The van der Waals surface area contributed by atoms with Gasteiger partial charge in [-0.25, -0.2) is 9.78 Å². The molecule has 1 aliphatic heterocycles. The Balaban J connectivity index is 1.43. The van der Waals surface area contributed by atoms with E-state index in [2.05, 4.69) is 36.0 Å². The Morgan fingerprint density at radius 3 is 2.61 bits per heavy atom. The summed E-state index contributed by atoms with van der Waals surface area (Å²) in [6, 6.07) is 14.9. The van der Waals surface area contributed by atoms with Crippen molar-refractivity contribution in [2.75, 3.05) is 17.8 Å². The SMILES string of the molecule is Cc1cccc(C)c1-c1cc(OC2CNCC3(CCCC3)C2)nc(NSc2cccc(C(=O)O)c2)n1. The number of anilines is 1. The van der Waals surface area contributed by atoms with E-state index in [0.29, 0.717) is 17.2 Å². The van der Waals surface area contributed by atoms with Crippen LogP contribution in [-0.4, -0.2) is 40.2 Å². The zero-order valence-electron chi connectivity index (χ0n) is 20.7. The number of hydrogen-bond acceptors (Lipinski definition) is 7. The van der Waals surface area contributed by atoms with Gasteiger partial charge in [0.05, 0.1) is 11.3 Å². The van der Waals surface area contributed by atoms with Gasteiger partial charge in [-0.2, -0.15) is 4.98 Å². The van der Waals surface area contributed by atoms with Crippen LogP contribution in [0.1, 0.15) is 53.6 Å². The molecular formula is C28H32N4O3S. The second-order valence-corrected chi connectivity index (χ2v) is 10.9. The molecule has 8 heteroatoms. The predicted molar refractivity (Wildman–Crippen MR) is 143 cm³/mol. The number of carboxylic acids is 1. The van der Waals surface area contributed by atoms with Gasteiger partial charge in [0, 0.05) is 29.6 Å². The monoisotopic (exact) mass is 504 g/mol. The van der Waals surface area contributed by atoms with Gasteiger partial charge in [0.1, 0.15) is 6.10 Å². The molecule has 7 nitrogen and oxygen atoms in total. The molecule has 1 aromatic heterocycles. The maximum Gasteiger partial charge on any atom is 0.335 e. The van der Waals surface area contributed by atoms with E-state index in [1.807, 2.05) is 18.2 Å². The Bertz CT molecular complexity index is 1240. The number of carbonyl (C=O) groups is 1. The van der Waals surface area contributed by atoms with Crippen molar-refractivity contribution in [1.82, 2.24) is 15.3 Å². The zero-order chi connectivity index (χ0) is 25.1. The van der Waals surface area contributed by atoms with Gasteiger partial charge >= 0.3 is 5.97 Å². The quantitative estimate of drug-likeness (QED) is 0.343. The van der Waals surface area contributed by atoms with Gasteiger partial charge in [0.2, 0.25) is 11.8 Å². The largest absolute Gasteiger partial charge is 0.478 e. The molecule has 0 amide bonds. The second-order valence-electron chi connectivity index (χ2n) is 10.0. The molecule has 1 saturated heterocycles. The average Bonchev–Trinajstić information content (AvgIpc) is 3.30. The van der Waals surface area contributed by atoms with Crippen molar-refractivity contribution in [2.45, 2.75) is 57.0 Å². The first-order valence-corrected chi connectivity index (χ1v) is 13.3. The van der Waals surface area contributed by atoms with Crippen molar-refractivity contribution in [2.24, 2.45) is 5.41 Å². The lowest BCUT2D eigenvalue weighted by Gasteiger charge is -2.38. The molecule has 2 fully saturated rings. The summed E-state index contributed by atoms with van der Waals surface area (Å²) >= 11 is 1.28. The van der Waals surface area contributed by atoms with Crippen LogP contribution in [-0.2, 0) is 0 Å². The fourth-order valence-corrected chi connectivity index (χ4v) is 6.19. The number of ether oxygens (including phenoxy) is 1. The Hall–Kier alpha value is -3.10. The highest BCUT2D eigenvalue weighted by Gasteiger charge is 2.39. The average molecular weight is 505 g/mol. The first-order chi connectivity index (χ1) is 17.4. The lowest BCUT2D eigenvalue weighted by molar-refractivity contribution is 0.0696. The maximum atomic E-state index is 11.3. The molecule has 5 rings (SSSR count). The van der Waals surface area contributed by atoms with Gasteiger partial charge in [-0.1, -0.05) is 37.1 Å². The van der Waals surface area contributed by atoms with Crippen LogP contribution < -0.4 is 14.8 Å². The summed E-state index contributed by atoms with van der Waals surface area (Å²) < 4.78 is 9.69. The minimum absolute atomic E-state index is 0.0605. The van der Waals surface area contributed by atoms with Crippen molar-refractivity contribution in [1.29, 1.82) is 0 Å². The van der Waals surface area contributed by atoms with Crippen molar-refractivity contribution in [3.63, 3.8) is 0 Å². The van der Waals surface area contributed by atoms with Crippen molar-refractivity contribution in [3.8, 4) is 17.1 Å². The summed E-state index contributed by atoms with van der Waals surface area (Å²) in [5.41, 5.74) is 4.73. The number of nitrogens with zero attached hydrogens (tertiary/aromatic N) is 2. The number of aromatic carboxylic acids is 1. The Morgan fingerprint density at radius 2 is 1.86 bits per heavy atom. The minimum atomic E-state index is -0.956. The molecule has 0 radical (unpaired) electrons. The summed E-state index contributed by atoms with van der Waals surface area (Å²) in [5.74, 6) is 0.0182. The standard InChI is InChI=1S/C28H32N4O3S/c1-18-7-5-8-19(2)25(18)23-14-24(35-21-15-28(17-29-16-21)11-3-4-12-28)31-27(30-23)32-36-22-10-6-9-20(13-22)26(33)34/h5-10,13-14,21,29H,3-4,11-12,15-17H2,1-2H3,(H,33,34)(H,30,31,32). The van der Waals surface area contributed by atoms with Crippen molar-refractivity contribution in [3.05, 3.63) is 65.2 Å². The number of hydrogen-bond donors (Lipinski definition) is 3. The van der Waals surface area contributed by atoms with E-state index in [9.17, 15) is 9.90 Å². The summed E-state index contributed by atoms with van der Waals surface area (Å²) in [5, 5.41) is 12.9. The normalized spacial score (nSPS) is 18.8.